The third-order valence-corrected chi connectivity index (χ3v) is 5.39. The first kappa shape index (κ1) is 17.1. The summed E-state index contributed by atoms with van der Waals surface area (Å²) in [5, 5.41) is 61.0. The maximum absolute atomic E-state index is 11.1. The van der Waals surface area contributed by atoms with Crippen molar-refractivity contribution in [1.29, 1.82) is 0 Å². The fraction of sp³-hybridized carbons (Fsp3) is 0.0526. The molecule has 0 aliphatic heterocycles. The number of phenolic OH excluding ortho intramolecular Hbond substituents is 5. The van der Waals surface area contributed by atoms with Crippen LogP contribution in [0.2, 0.25) is 0 Å². The van der Waals surface area contributed by atoms with Crippen LogP contribution in [0.3, 0.4) is 0 Å². The molecule has 0 atom stereocenters. The molecule has 0 saturated heterocycles. The van der Waals surface area contributed by atoms with Gasteiger partial charge in [0.25, 0.3) is 0 Å². The molecule has 0 bridgehead atoms. The maximum atomic E-state index is 11.1. The van der Waals surface area contributed by atoms with Crippen LogP contribution in [0.4, 0.5) is 0 Å². The fourth-order valence-corrected chi connectivity index (χ4v) is 3.82. The topological polar surface area (TPSA) is 148 Å². The predicted molar refractivity (Wildman–Crippen MR) is 109 cm³/mol. The lowest BCUT2D eigenvalue weighted by molar-refractivity contribution is 0.369. The molecule has 0 unspecified atom stereocenters. The van der Waals surface area contributed by atoms with Crippen molar-refractivity contribution in [2.24, 2.45) is 0 Å². The lowest BCUT2D eigenvalue weighted by atomic mass is 9.90. The number of aromatic hydroxyl groups is 5. The molecule has 29 heavy (non-hydrogen) atoms. The molecule has 2 heterocycles. The van der Waals surface area contributed by atoms with Crippen LogP contribution in [-0.2, 0) is 0 Å². The summed E-state index contributed by atoms with van der Waals surface area (Å²) in [4.78, 5) is 3.02. The van der Waals surface area contributed by atoms with Gasteiger partial charge in [0.05, 0.1) is 21.8 Å². The molecule has 0 amide bonds. The summed E-state index contributed by atoms with van der Waals surface area (Å²) in [6.07, 6.45) is 0. The van der Waals surface area contributed by atoms with Crippen LogP contribution in [0.25, 0.3) is 38.5 Å². The van der Waals surface area contributed by atoms with Crippen LogP contribution in [0.5, 0.6) is 28.7 Å². The van der Waals surface area contributed by atoms with Gasteiger partial charge < -0.3 is 30.5 Å². The van der Waals surface area contributed by atoms with E-state index in [0.29, 0.717) is 27.5 Å². The quantitative estimate of drug-likeness (QED) is 0.186. The zero-order chi connectivity index (χ0) is 20.6. The summed E-state index contributed by atoms with van der Waals surface area (Å²) < 4.78 is 1.31. The second-order valence-electron chi connectivity index (χ2n) is 6.96. The van der Waals surface area contributed by atoms with E-state index in [9.17, 15) is 25.5 Å². The molecule has 0 fully saturated rings. The molecule has 10 heteroatoms. The molecule has 5 rings (SSSR count). The van der Waals surface area contributed by atoms with E-state index in [1.165, 1.54) is 4.68 Å². The number of phenols is 5. The number of hydrogen-bond acceptors (Lipinski definition) is 7. The van der Waals surface area contributed by atoms with Crippen LogP contribution in [-0.4, -0.2) is 53.4 Å². The summed E-state index contributed by atoms with van der Waals surface area (Å²) in [5.74, 6) is -2.31. The van der Waals surface area contributed by atoms with Crippen molar-refractivity contribution < 1.29 is 25.5 Å². The highest BCUT2D eigenvalue weighted by Gasteiger charge is 2.27. The number of H-pyrrole nitrogens is 1. The molecule has 5 aromatic rings. The van der Waals surface area contributed by atoms with Crippen molar-refractivity contribution in [3.63, 3.8) is 0 Å². The Morgan fingerprint density at radius 3 is 2.31 bits per heavy atom. The highest BCUT2D eigenvalue weighted by Crippen LogP contribution is 2.50. The SMILES string of the molecule is Bc1c(O)c(-n2nnc3ccccc32)c(O)c2c1[nH]c1c(C)c(O)c(O)c(O)c12. The van der Waals surface area contributed by atoms with E-state index in [4.69, 9.17) is 0 Å². The molecule has 9 nitrogen and oxygen atoms in total. The van der Waals surface area contributed by atoms with Gasteiger partial charge in [-0.05, 0) is 24.5 Å². The van der Waals surface area contributed by atoms with Crippen molar-refractivity contribution in [1.82, 2.24) is 20.0 Å². The van der Waals surface area contributed by atoms with E-state index < -0.39 is 17.2 Å². The standard InChI is InChI=1S/C19H15BN4O5/c1-6-12-9(17(27)19(29)15(6)25)10-13(21-12)11(20)18(28)14(16(10)26)24-8-5-3-2-4-7(8)22-23-24/h2-5,21,25-29H,20H2,1H3. The Kier molecular flexibility index (Phi) is 3.22. The highest BCUT2D eigenvalue weighted by molar-refractivity contribution is 6.43. The first-order valence-corrected chi connectivity index (χ1v) is 8.77. The number of aromatic nitrogens is 4. The van der Waals surface area contributed by atoms with E-state index in [-0.39, 0.29) is 33.5 Å². The lowest BCUT2D eigenvalue weighted by Gasteiger charge is -2.13. The Balaban J connectivity index is 2.01. The van der Waals surface area contributed by atoms with E-state index >= 15 is 0 Å². The number of nitrogens with one attached hydrogen (secondary N) is 1. The highest BCUT2D eigenvalue weighted by atomic mass is 16.3. The first-order chi connectivity index (χ1) is 13.8. The van der Waals surface area contributed by atoms with Gasteiger partial charge in [0.2, 0.25) is 5.75 Å². The van der Waals surface area contributed by atoms with Gasteiger partial charge in [0, 0.05) is 11.1 Å². The molecule has 0 radical (unpaired) electrons. The molecule has 2 aromatic heterocycles. The Morgan fingerprint density at radius 1 is 0.862 bits per heavy atom. The van der Waals surface area contributed by atoms with Crippen LogP contribution >= 0.6 is 0 Å². The molecule has 3 aromatic carbocycles. The number of nitrogens with zero attached hydrogens (tertiary/aromatic N) is 3. The second kappa shape index (κ2) is 5.47. The maximum Gasteiger partial charge on any atom is 0.201 e. The summed E-state index contributed by atoms with van der Waals surface area (Å²) in [5.41, 5.74) is 2.49. The summed E-state index contributed by atoms with van der Waals surface area (Å²) in [6.45, 7) is 1.56. The minimum Gasteiger partial charge on any atom is -0.506 e. The van der Waals surface area contributed by atoms with Gasteiger partial charge in [-0.15, -0.1) is 5.10 Å². The molecule has 0 spiro atoms. The normalized spacial score (nSPS) is 11.8. The van der Waals surface area contributed by atoms with Gasteiger partial charge in [-0.25, -0.2) is 4.68 Å². The summed E-state index contributed by atoms with van der Waals surface area (Å²) in [6, 6.07) is 7.07. The first-order valence-electron chi connectivity index (χ1n) is 8.77. The third kappa shape index (κ3) is 2.00. The van der Waals surface area contributed by atoms with Gasteiger partial charge in [-0.2, -0.15) is 0 Å². The minimum absolute atomic E-state index is 0.00535. The van der Waals surface area contributed by atoms with Gasteiger partial charge in [0.15, 0.2) is 22.9 Å². The smallest absolute Gasteiger partial charge is 0.201 e. The van der Waals surface area contributed by atoms with Crippen molar-refractivity contribution in [2.45, 2.75) is 6.92 Å². The van der Waals surface area contributed by atoms with Crippen LogP contribution < -0.4 is 5.46 Å². The van der Waals surface area contributed by atoms with Crippen molar-refractivity contribution >= 4 is 46.1 Å². The number of hydrogen-bond donors (Lipinski definition) is 6. The number of aromatic amines is 1. The van der Waals surface area contributed by atoms with Crippen LogP contribution in [0, 0.1) is 6.92 Å². The summed E-state index contributed by atoms with van der Waals surface area (Å²) in [7, 11) is 1.64. The van der Waals surface area contributed by atoms with E-state index in [2.05, 4.69) is 15.3 Å². The number of benzene rings is 3. The predicted octanol–water partition coefficient (Wildman–Crippen LogP) is 1.15. The van der Waals surface area contributed by atoms with Crippen molar-refractivity contribution in [2.75, 3.05) is 0 Å². The van der Waals surface area contributed by atoms with E-state index in [1.807, 2.05) is 0 Å². The third-order valence-electron chi connectivity index (χ3n) is 5.39. The number of fused-ring (bicyclic) bond motifs is 4. The number of aryl methyl sites for hydroxylation is 1. The summed E-state index contributed by atoms with van der Waals surface area (Å²) >= 11 is 0. The number of rotatable bonds is 1. The van der Waals surface area contributed by atoms with Gasteiger partial charge in [-0.3, -0.25) is 0 Å². The largest absolute Gasteiger partial charge is 0.506 e. The van der Waals surface area contributed by atoms with Gasteiger partial charge in [0.1, 0.15) is 19.1 Å². The molecule has 0 aliphatic carbocycles. The Morgan fingerprint density at radius 2 is 1.55 bits per heavy atom. The van der Waals surface area contributed by atoms with Crippen molar-refractivity contribution in [3.8, 4) is 34.4 Å². The fourth-order valence-electron chi connectivity index (χ4n) is 3.82. The number of para-hydroxylation sites is 1. The average molecular weight is 390 g/mol. The van der Waals surface area contributed by atoms with Crippen molar-refractivity contribution in [3.05, 3.63) is 29.8 Å². The minimum atomic E-state index is -0.686. The van der Waals surface area contributed by atoms with E-state index in [0.717, 1.165) is 0 Å². The zero-order valence-corrected chi connectivity index (χ0v) is 15.4. The molecule has 0 saturated carbocycles. The molecule has 6 N–H and O–H groups in total. The van der Waals surface area contributed by atoms with Gasteiger partial charge in [-0.1, -0.05) is 17.3 Å². The molecule has 0 aliphatic rings. The van der Waals surface area contributed by atoms with E-state index in [1.54, 1.807) is 39.0 Å². The Labute approximate surface area is 163 Å². The monoisotopic (exact) mass is 390 g/mol. The Bertz CT molecular complexity index is 1490. The zero-order valence-electron chi connectivity index (χ0n) is 15.4. The van der Waals surface area contributed by atoms with Gasteiger partial charge >= 0.3 is 0 Å². The molecular weight excluding hydrogens is 375 g/mol. The second-order valence-corrected chi connectivity index (χ2v) is 6.96. The van der Waals surface area contributed by atoms with Crippen LogP contribution in [0.15, 0.2) is 24.3 Å². The van der Waals surface area contributed by atoms with Crippen LogP contribution in [0.1, 0.15) is 5.56 Å². The Hall–Kier alpha value is -4.08. The average Bonchev–Trinajstić information content (AvgIpc) is 3.32. The molecule has 144 valence electrons. The lowest BCUT2D eigenvalue weighted by Crippen LogP contribution is -2.10. The molecular formula is C19H15BN4O5.